The largest absolute Gasteiger partial charge is 0.522 e. The number of alkyl carbamates (subject to hydrolysis) is 1. The maximum absolute atomic E-state index is 12.2. The van der Waals surface area contributed by atoms with Crippen molar-refractivity contribution in [1.29, 1.82) is 0 Å². The van der Waals surface area contributed by atoms with Crippen molar-refractivity contribution in [1.82, 2.24) is 16.2 Å². The lowest BCUT2D eigenvalue weighted by atomic mass is 9.82. The first-order chi connectivity index (χ1) is 13.3. The van der Waals surface area contributed by atoms with Gasteiger partial charge in [-0.05, 0) is 59.3 Å². The summed E-state index contributed by atoms with van der Waals surface area (Å²) in [5.74, 6) is -1.80. The minimum absolute atomic E-state index is 0.0390. The van der Waals surface area contributed by atoms with Crippen molar-refractivity contribution in [2.24, 2.45) is 11.8 Å². The second kappa shape index (κ2) is 9.19. The molecule has 2 aliphatic rings. The van der Waals surface area contributed by atoms with Crippen LogP contribution in [0.5, 0.6) is 0 Å². The van der Waals surface area contributed by atoms with Gasteiger partial charge in [-0.2, -0.15) is 0 Å². The normalized spacial score (nSPS) is 27.4. The number of nitrogens with one attached hydrogen (secondary N) is 3. The van der Waals surface area contributed by atoms with Crippen molar-refractivity contribution < 1.29 is 37.0 Å². The van der Waals surface area contributed by atoms with Crippen LogP contribution in [0.25, 0.3) is 0 Å². The van der Waals surface area contributed by atoms with Crippen LogP contribution in [-0.2, 0) is 19.1 Å². The molecule has 11 heteroatoms. The lowest BCUT2D eigenvalue weighted by molar-refractivity contribution is -0.353. The first-order valence-electron chi connectivity index (χ1n) is 9.66. The number of rotatable bonds is 4. The van der Waals surface area contributed by atoms with E-state index in [-0.39, 0.29) is 30.7 Å². The van der Waals surface area contributed by atoms with E-state index in [0.717, 1.165) is 0 Å². The summed E-state index contributed by atoms with van der Waals surface area (Å²) in [7, 11) is 0. The predicted molar refractivity (Wildman–Crippen MR) is 95.1 cm³/mol. The van der Waals surface area contributed by atoms with Gasteiger partial charge >= 0.3 is 12.5 Å². The molecule has 3 amide bonds. The molecule has 0 aromatic carbocycles. The van der Waals surface area contributed by atoms with Crippen molar-refractivity contribution in [3.8, 4) is 0 Å². The van der Waals surface area contributed by atoms with Gasteiger partial charge in [0.25, 0.3) is 0 Å². The zero-order valence-corrected chi connectivity index (χ0v) is 16.7. The summed E-state index contributed by atoms with van der Waals surface area (Å²) >= 11 is 0. The average Bonchev–Trinajstić information content (AvgIpc) is 2.53. The number of hydrogen-bond donors (Lipinski definition) is 3. The van der Waals surface area contributed by atoms with Crippen molar-refractivity contribution in [3.05, 3.63) is 0 Å². The van der Waals surface area contributed by atoms with E-state index in [4.69, 9.17) is 4.74 Å². The van der Waals surface area contributed by atoms with E-state index < -0.39 is 36.0 Å². The number of carbonyl (C=O) groups excluding carboxylic acids is 3. The third kappa shape index (κ3) is 8.08. The van der Waals surface area contributed by atoms with Gasteiger partial charge in [0, 0.05) is 17.9 Å². The van der Waals surface area contributed by atoms with Crippen LogP contribution < -0.4 is 16.2 Å². The summed E-state index contributed by atoms with van der Waals surface area (Å²) in [6.45, 7) is 5.32. The smallest absolute Gasteiger partial charge is 0.444 e. The molecule has 8 nitrogen and oxygen atoms in total. The fourth-order valence-corrected chi connectivity index (χ4v) is 3.37. The molecule has 2 rings (SSSR count). The van der Waals surface area contributed by atoms with Crippen LogP contribution in [0, 0.1) is 11.8 Å². The SMILES string of the molecule is CC(C)(C)OC(=O)NC1CCC(C(=O)NNC(=O)[C@H]2C[C@@H](OC(F)(F)F)C2)CC1. The zero-order valence-electron chi connectivity index (χ0n) is 16.7. The Bertz CT molecular complexity index is 607. The third-order valence-electron chi connectivity index (χ3n) is 4.89. The molecule has 166 valence electrons. The molecule has 0 spiro atoms. The lowest BCUT2D eigenvalue weighted by Gasteiger charge is -2.34. The van der Waals surface area contributed by atoms with Crippen LogP contribution in [0.3, 0.4) is 0 Å². The highest BCUT2D eigenvalue weighted by Gasteiger charge is 2.42. The van der Waals surface area contributed by atoms with Crippen LogP contribution in [0.2, 0.25) is 0 Å². The fraction of sp³-hybridized carbons (Fsp3) is 0.833. The van der Waals surface area contributed by atoms with Crippen LogP contribution >= 0.6 is 0 Å². The molecule has 0 saturated heterocycles. The quantitative estimate of drug-likeness (QED) is 0.603. The molecule has 2 fully saturated rings. The summed E-state index contributed by atoms with van der Waals surface area (Å²) in [5, 5.41) is 2.78. The van der Waals surface area contributed by atoms with Gasteiger partial charge in [0.05, 0.1) is 6.10 Å². The van der Waals surface area contributed by atoms with E-state index in [1.807, 2.05) is 0 Å². The van der Waals surface area contributed by atoms with E-state index in [1.165, 1.54) is 0 Å². The molecule has 3 N–H and O–H groups in total. The molecule has 0 aromatic heterocycles. The van der Waals surface area contributed by atoms with E-state index >= 15 is 0 Å². The average molecular weight is 423 g/mol. The van der Waals surface area contributed by atoms with Gasteiger partial charge in [-0.1, -0.05) is 0 Å². The minimum Gasteiger partial charge on any atom is -0.444 e. The van der Waals surface area contributed by atoms with E-state index in [1.54, 1.807) is 20.8 Å². The molecule has 0 bridgehead atoms. The highest BCUT2D eigenvalue weighted by atomic mass is 19.4. The molecule has 0 radical (unpaired) electrons. The molecule has 0 aromatic rings. The van der Waals surface area contributed by atoms with Crippen molar-refractivity contribution in [2.75, 3.05) is 0 Å². The summed E-state index contributed by atoms with van der Waals surface area (Å²) in [5.41, 5.74) is 4.02. The molecule has 0 heterocycles. The molecule has 29 heavy (non-hydrogen) atoms. The minimum atomic E-state index is -4.71. The van der Waals surface area contributed by atoms with Crippen LogP contribution in [0.15, 0.2) is 0 Å². The molecule has 0 aliphatic heterocycles. The first kappa shape index (κ1) is 23.2. The van der Waals surface area contributed by atoms with Gasteiger partial charge in [-0.3, -0.25) is 25.2 Å². The molecular weight excluding hydrogens is 395 g/mol. The topological polar surface area (TPSA) is 106 Å². The summed E-state index contributed by atoms with van der Waals surface area (Å²) in [6.07, 6.45) is -4.03. The molecule has 2 aliphatic carbocycles. The highest BCUT2D eigenvalue weighted by molar-refractivity contribution is 5.85. The van der Waals surface area contributed by atoms with Crippen LogP contribution in [0.1, 0.15) is 59.3 Å². The monoisotopic (exact) mass is 423 g/mol. The number of hydrogen-bond acceptors (Lipinski definition) is 5. The second-order valence-corrected chi connectivity index (χ2v) is 8.53. The number of carbonyl (C=O) groups is 3. The Labute approximate surface area is 167 Å². The molecule has 2 saturated carbocycles. The fourth-order valence-electron chi connectivity index (χ4n) is 3.37. The maximum atomic E-state index is 12.2. The number of amides is 3. The Balaban J connectivity index is 1.62. The Morgan fingerprint density at radius 2 is 1.38 bits per heavy atom. The number of ether oxygens (including phenoxy) is 2. The second-order valence-electron chi connectivity index (χ2n) is 8.53. The molecular formula is C18H28F3N3O5. The third-order valence-corrected chi connectivity index (χ3v) is 4.89. The van der Waals surface area contributed by atoms with Crippen LogP contribution in [0.4, 0.5) is 18.0 Å². The Hall–Kier alpha value is -2.04. The lowest BCUT2D eigenvalue weighted by Crippen LogP contribution is -2.51. The maximum Gasteiger partial charge on any atom is 0.522 e. The first-order valence-corrected chi connectivity index (χ1v) is 9.66. The van der Waals surface area contributed by atoms with Gasteiger partial charge in [-0.25, -0.2) is 4.79 Å². The van der Waals surface area contributed by atoms with Crippen molar-refractivity contribution in [3.63, 3.8) is 0 Å². The Kier molecular flexibility index (Phi) is 7.36. The summed E-state index contributed by atoms with van der Waals surface area (Å²) < 4.78 is 45.3. The van der Waals surface area contributed by atoms with Gasteiger partial charge < -0.3 is 10.1 Å². The van der Waals surface area contributed by atoms with Gasteiger partial charge in [0.15, 0.2) is 0 Å². The Morgan fingerprint density at radius 3 is 1.86 bits per heavy atom. The van der Waals surface area contributed by atoms with E-state index in [9.17, 15) is 27.6 Å². The van der Waals surface area contributed by atoms with Crippen molar-refractivity contribution in [2.45, 2.75) is 83.4 Å². The standard InChI is InChI=1S/C18H28F3N3O5/c1-17(2,3)29-16(27)22-12-6-4-10(5-7-12)14(25)23-24-15(26)11-8-13(9-11)28-18(19,20)21/h10-13H,4-9H2,1-3H3,(H,22,27)(H,23,25)(H,24,26)/t10?,11-,12?,13+. The summed E-state index contributed by atoms with van der Waals surface area (Å²) in [4.78, 5) is 35.9. The number of alkyl halides is 3. The van der Waals surface area contributed by atoms with Gasteiger partial charge in [0.2, 0.25) is 11.8 Å². The van der Waals surface area contributed by atoms with E-state index in [0.29, 0.717) is 25.7 Å². The van der Waals surface area contributed by atoms with Crippen molar-refractivity contribution >= 4 is 17.9 Å². The van der Waals surface area contributed by atoms with Gasteiger partial charge in [-0.15, -0.1) is 13.2 Å². The summed E-state index contributed by atoms with van der Waals surface area (Å²) in [6, 6.07) is -0.0796. The molecule has 0 atom stereocenters. The predicted octanol–water partition coefficient (Wildman–Crippen LogP) is 2.53. The Morgan fingerprint density at radius 1 is 0.862 bits per heavy atom. The number of halogens is 3. The van der Waals surface area contributed by atoms with E-state index in [2.05, 4.69) is 20.9 Å². The molecule has 0 unspecified atom stereocenters. The highest BCUT2D eigenvalue weighted by Crippen LogP contribution is 2.34. The van der Waals surface area contributed by atoms with Gasteiger partial charge in [0.1, 0.15) is 5.60 Å². The van der Waals surface area contributed by atoms with Crippen LogP contribution in [-0.4, -0.2) is 42.0 Å². The number of hydrazine groups is 1. The zero-order chi connectivity index (χ0) is 21.8.